The molecule has 5 nitrogen and oxygen atoms in total. The highest BCUT2D eigenvalue weighted by atomic mass is 16.5. The van der Waals surface area contributed by atoms with Crippen molar-refractivity contribution in [3.63, 3.8) is 0 Å². The van der Waals surface area contributed by atoms with Crippen LogP contribution < -0.4 is 0 Å². The number of benzene rings is 1. The van der Waals surface area contributed by atoms with Crippen LogP contribution in [0.4, 0.5) is 0 Å². The molecule has 2 atom stereocenters. The zero-order chi connectivity index (χ0) is 13.8. The molecule has 0 radical (unpaired) electrons. The Labute approximate surface area is 117 Å². The first-order valence-electron chi connectivity index (χ1n) is 6.72. The molecule has 0 fully saturated rings. The Bertz CT molecular complexity index is 539. The van der Waals surface area contributed by atoms with Gasteiger partial charge < -0.3 is 14.7 Å². The predicted molar refractivity (Wildman–Crippen MR) is 77.5 cm³/mol. The normalized spacial score (nSPS) is 24.4. The van der Waals surface area contributed by atoms with Gasteiger partial charge in [-0.15, -0.1) is 0 Å². The number of amidine groups is 1. The topological polar surface area (TPSA) is 57.4 Å². The van der Waals surface area contributed by atoms with Crippen LogP contribution in [0.1, 0.15) is 18.0 Å². The average Bonchev–Trinajstić information content (AvgIpc) is 2.53. The lowest BCUT2D eigenvalue weighted by molar-refractivity contribution is -0.0359. The molecule has 3 rings (SSSR count). The summed E-state index contributed by atoms with van der Waals surface area (Å²) in [7, 11) is 0. The minimum atomic E-state index is -0.122. The number of nitrogens with zero attached hydrogens (tertiary/aromatic N) is 3. The van der Waals surface area contributed by atoms with E-state index in [1.54, 1.807) is 12.4 Å². The molecule has 0 aliphatic carbocycles. The molecule has 0 saturated heterocycles. The van der Waals surface area contributed by atoms with E-state index >= 15 is 0 Å². The largest absolute Gasteiger partial charge is 0.394 e. The van der Waals surface area contributed by atoms with Crippen molar-refractivity contribution in [2.75, 3.05) is 13.2 Å². The SMILES string of the molecule is OCCOC1CC(c2ccccc2)N=C2C=NC=CN21. The molecular weight excluding hydrogens is 254 g/mol. The summed E-state index contributed by atoms with van der Waals surface area (Å²) in [6.45, 7) is 0.339. The van der Waals surface area contributed by atoms with Gasteiger partial charge in [0.1, 0.15) is 12.1 Å². The van der Waals surface area contributed by atoms with Gasteiger partial charge >= 0.3 is 0 Å². The van der Waals surface area contributed by atoms with Gasteiger partial charge in [-0.1, -0.05) is 30.3 Å². The lowest BCUT2D eigenvalue weighted by Gasteiger charge is -2.37. The number of rotatable bonds is 4. The van der Waals surface area contributed by atoms with E-state index < -0.39 is 0 Å². The van der Waals surface area contributed by atoms with E-state index in [2.05, 4.69) is 17.1 Å². The summed E-state index contributed by atoms with van der Waals surface area (Å²) < 4.78 is 5.74. The first kappa shape index (κ1) is 13.0. The Morgan fingerprint density at radius 3 is 2.95 bits per heavy atom. The summed E-state index contributed by atoms with van der Waals surface area (Å²) >= 11 is 0. The maximum absolute atomic E-state index is 8.96. The highest BCUT2D eigenvalue weighted by molar-refractivity contribution is 6.30. The number of aliphatic hydroxyl groups is 1. The van der Waals surface area contributed by atoms with E-state index in [0.717, 1.165) is 12.3 Å². The second kappa shape index (κ2) is 5.98. The van der Waals surface area contributed by atoms with Gasteiger partial charge in [-0.3, -0.25) is 9.98 Å². The van der Waals surface area contributed by atoms with Crippen LogP contribution in [0.5, 0.6) is 0 Å². The van der Waals surface area contributed by atoms with E-state index in [9.17, 15) is 0 Å². The summed E-state index contributed by atoms with van der Waals surface area (Å²) in [6, 6.07) is 10.2. The number of hydrogen-bond acceptors (Lipinski definition) is 5. The van der Waals surface area contributed by atoms with Crippen LogP contribution in [0, 0.1) is 0 Å². The van der Waals surface area contributed by atoms with Crippen LogP contribution in [0.25, 0.3) is 0 Å². The number of hydrogen-bond donors (Lipinski definition) is 1. The third-order valence-electron chi connectivity index (χ3n) is 3.38. The Morgan fingerprint density at radius 1 is 1.30 bits per heavy atom. The molecule has 2 aliphatic heterocycles. The monoisotopic (exact) mass is 271 g/mol. The van der Waals surface area contributed by atoms with Gasteiger partial charge in [0.25, 0.3) is 0 Å². The molecule has 0 saturated carbocycles. The molecule has 2 aliphatic rings. The molecule has 0 bridgehead atoms. The fourth-order valence-electron chi connectivity index (χ4n) is 2.45. The number of aliphatic imine (C=N–C) groups is 2. The van der Waals surface area contributed by atoms with Crippen LogP contribution in [0.15, 0.2) is 52.7 Å². The summed E-state index contributed by atoms with van der Waals surface area (Å²) in [6.07, 6.45) is 5.96. The molecular formula is C15H17N3O2. The predicted octanol–water partition coefficient (Wildman–Crippen LogP) is 1.72. The minimum Gasteiger partial charge on any atom is -0.394 e. The van der Waals surface area contributed by atoms with E-state index in [0.29, 0.717) is 6.61 Å². The first-order valence-corrected chi connectivity index (χ1v) is 6.72. The van der Waals surface area contributed by atoms with Gasteiger partial charge in [-0.05, 0) is 5.56 Å². The van der Waals surface area contributed by atoms with Crippen molar-refractivity contribution in [3.05, 3.63) is 48.3 Å². The van der Waals surface area contributed by atoms with Gasteiger partial charge in [0.15, 0.2) is 0 Å². The Balaban J connectivity index is 1.87. The molecule has 1 aromatic rings. The van der Waals surface area contributed by atoms with Crippen molar-refractivity contribution >= 4 is 12.1 Å². The Kier molecular flexibility index (Phi) is 3.90. The van der Waals surface area contributed by atoms with Crippen molar-refractivity contribution in [1.29, 1.82) is 0 Å². The lowest BCUT2D eigenvalue weighted by atomic mass is 10.0. The van der Waals surface area contributed by atoms with Crippen LogP contribution in [0.3, 0.4) is 0 Å². The lowest BCUT2D eigenvalue weighted by Crippen LogP contribution is -2.44. The molecule has 1 aromatic carbocycles. The van der Waals surface area contributed by atoms with Crippen molar-refractivity contribution in [1.82, 2.24) is 4.90 Å². The maximum Gasteiger partial charge on any atom is 0.149 e. The highest BCUT2D eigenvalue weighted by Gasteiger charge is 2.30. The van der Waals surface area contributed by atoms with E-state index in [1.165, 1.54) is 5.56 Å². The minimum absolute atomic E-state index is 0.0185. The molecule has 2 unspecified atom stereocenters. The van der Waals surface area contributed by atoms with Crippen molar-refractivity contribution in [2.45, 2.75) is 18.7 Å². The third-order valence-corrected chi connectivity index (χ3v) is 3.38. The standard InChI is InChI=1S/C15H17N3O2/c19-8-9-20-15-10-13(12-4-2-1-3-5-12)17-14-11-16-6-7-18(14)15/h1-7,11,13,15,19H,8-10H2. The van der Waals surface area contributed by atoms with Gasteiger partial charge in [0.05, 0.1) is 25.5 Å². The summed E-state index contributed by atoms with van der Waals surface area (Å²) in [4.78, 5) is 10.8. The fraction of sp³-hybridized carbons (Fsp3) is 0.333. The molecule has 0 aromatic heterocycles. The van der Waals surface area contributed by atoms with Crippen molar-refractivity contribution in [2.24, 2.45) is 9.98 Å². The van der Waals surface area contributed by atoms with Crippen LogP contribution >= 0.6 is 0 Å². The second-order valence-electron chi connectivity index (χ2n) is 4.68. The molecule has 0 amide bonds. The first-order chi connectivity index (χ1) is 9.88. The Morgan fingerprint density at radius 2 is 2.15 bits per heavy atom. The van der Waals surface area contributed by atoms with Gasteiger partial charge in [-0.2, -0.15) is 0 Å². The van der Waals surface area contributed by atoms with E-state index in [4.69, 9.17) is 14.8 Å². The Hall–Kier alpha value is -1.98. The number of fused-ring (bicyclic) bond motifs is 1. The zero-order valence-corrected chi connectivity index (χ0v) is 11.1. The molecule has 2 heterocycles. The van der Waals surface area contributed by atoms with Crippen LogP contribution in [-0.2, 0) is 4.74 Å². The molecule has 104 valence electrons. The van der Waals surface area contributed by atoms with Crippen LogP contribution in [0.2, 0.25) is 0 Å². The average molecular weight is 271 g/mol. The van der Waals surface area contributed by atoms with Gasteiger partial charge in [-0.25, -0.2) is 0 Å². The fourth-order valence-corrected chi connectivity index (χ4v) is 2.45. The zero-order valence-electron chi connectivity index (χ0n) is 11.1. The molecule has 0 spiro atoms. The maximum atomic E-state index is 8.96. The summed E-state index contributed by atoms with van der Waals surface area (Å²) in [5.41, 5.74) is 1.17. The molecule has 5 heteroatoms. The molecule has 20 heavy (non-hydrogen) atoms. The van der Waals surface area contributed by atoms with Gasteiger partial charge in [0, 0.05) is 18.8 Å². The quantitative estimate of drug-likeness (QED) is 0.907. The van der Waals surface area contributed by atoms with Crippen molar-refractivity contribution in [3.8, 4) is 0 Å². The van der Waals surface area contributed by atoms with E-state index in [1.807, 2.05) is 29.3 Å². The third kappa shape index (κ3) is 2.64. The smallest absolute Gasteiger partial charge is 0.149 e. The highest BCUT2D eigenvalue weighted by Crippen LogP contribution is 2.30. The van der Waals surface area contributed by atoms with Gasteiger partial charge in [0.2, 0.25) is 0 Å². The van der Waals surface area contributed by atoms with Crippen LogP contribution in [-0.4, -0.2) is 41.5 Å². The molecule has 1 N–H and O–H groups in total. The number of aliphatic hydroxyl groups excluding tert-OH is 1. The second-order valence-corrected chi connectivity index (χ2v) is 4.68. The van der Waals surface area contributed by atoms with E-state index in [-0.39, 0.29) is 18.9 Å². The number of ether oxygens (including phenoxy) is 1. The van der Waals surface area contributed by atoms with Crippen molar-refractivity contribution < 1.29 is 9.84 Å². The summed E-state index contributed by atoms with van der Waals surface area (Å²) in [5, 5.41) is 8.96. The summed E-state index contributed by atoms with van der Waals surface area (Å²) in [5.74, 6) is 0.801.